The number of aliphatic hydroxyl groups is 1. The number of hydrogen-bond donors (Lipinski definition) is 3. The van der Waals surface area contributed by atoms with Crippen LogP contribution in [0.2, 0.25) is 0 Å². The molecule has 6 nitrogen and oxygen atoms in total. The summed E-state index contributed by atoms with van der Waals surface area (Å²) >= 11 is 4.90. The maximum absolute atomic E-state index is 12.2. The van der Waals surface area contributed by atoms with Crippen molar-refractivity contribution in [2.75, 3.05) is 6.61 Å². The zero-order chi connectivity index (χ0) is 22.0. The van der Waals surface area contributed by atoms with E-state index in [1.807, 2.05) is 0 Å². The Bertz CT molecular complexity index is 872. The van der Waals surface area contributed by atoms with Crippen molar-refractivity contribution in [1.82, 2.24) is 5.43 Å². The van der Waals surface area contributed by atoms with Crippen molar-refractivity contribution in [3.63, 3.8) is 0 Å². The van der Waals surface area contributed by atoms with E-state index in [1.165, 1.54) is 5.71 Å². The Morgan fingerprint density at radius 3 is 2.74 bits per heavy atom. The molecule has 0 radical (unpaired) electrons. The topological polar surface area (TPSA) is 96.9 Å². The Morgan fingerprint density at radius 1 is 1.23 bits per heavy atom. The normalized spacial score (nSPS) is 47.8. The van der Waals surface area contributed by atoms with Gasteiger partial charge in [0, 0.05) is 17.2 Å². The summed E-state index contributed by atoms with van der Waals surface area (Å²) in [6.07, 6.45) is 11.0. The van der Waals surface area contributed by atoms with Crippen molar-refractivity contribution in [2.24, 2.45) is 45.3 Å². The highest BCUT2D eigenvalue weighted by atomic mass is 32.1. The largest absolute Gasteiger partial charge is 0.458 e. The molecule has 170 valence electrons. The smallest absolute Gasteiger partial charge is 0.331 e. The van der Waals surface area contributed by atoms with Crippen LogP contribution in [0, 0.1) is 34.5 Å². The monoisotopic (exact) mass is 445 g/mol. The average molecular weight is 446 g/mol. The Morgan fingerprint density at radius 2 is 2.03 bits per heavy atom. The number of hydrogen-bond acceptors (Lipinski definition) is 5. The molecule has 7 heteroatoms. The number of nitrogens with zero attached hydrogens (tertiary/aromatic N) is 1. The van der Waals surface area contributed by atoms with Crippen LogP contribution in [0.4, 0.5) is 0 Å². The molecule has 7 atom stereocenters. The van der Waals surface area contributed by atoms with Crippen LogP contribution in [0.5, 0.6) is 0 Å². The van der Waals surface area contributed by atoms with E-state index in [2.05, 4.69) is 24.4 Å². The van der Waals surface area contributed by atoms with Crippen molar-refractivity contribution in [2.45, 2.75) is 77.2 Å². The Labute approximate surface area is 190 Å². The maximum atomic E-state index is 12.2. The second kappa shape index (κ2) is 7.27. The van der Waals surface area contributed by atoms with Crippen molar-refractivity contribution in [1.29, 1.82) is 0 Å². The van der Waals surface area contributed by atoms with Crippen LogP contribution < -0.4 is 11.2 Å². The van der Waals surface area contributed by atoms with Gasteiger partial charge in [0.25, 0.3) is 0 Å². The molecule has 31 heavy (non-hydrogen) atoms. The molecule has 0 amide bonds. The fourth-order valence-electron chi connectivity index (χ4n) is 8.45. The highest BCUT2D eigenvalue weighted by Crippen LogP contribution is 2.69. The number of thiocarbonyl (C=S) groups is 1. The van der Waals surface area contributed by atoms with E-state index in [0.717, 1.165) is 63.4 Å². The molecule has 0 saturated heterocycles. The van der Waals surface area contributed by atoms with Gasteiger partial charge in [0.1, 0.15) is 6.61 Å². The third-order valence-electron chi connectivity index (χ3n) is 10.1. The molecular weight excluding hydrogens is 410 g/mol. The minimum Gasteiger partial charge on any atom is -0.458 e. The Hall–Kier alpha value is -1.47. The van der Waals surface area contributed by atoms with Gasteiger partial charge in [0.05, 0.1) is 5.60 Å². The van der Waals surface area contributed by atoms with Crippen LogP contribution in [0.25, 0.3) is 0 Å². The van der Waals surface area contributed by atoms with E-state index in [1.54, 1.807) is 6.08 Å². The second-order valence-corrected chi connectivity index (χ2v) is 11.6. The summed E-state index contributed by atoms with van der Waals surface area (Å²) in [5, 5.41) is 16.9. The summed E-state index contributed by atoms with van der Waals surface area (Å²) in [6.45, 7) is 5.16. The van der Waals surface area contributed by atoms with Crippen LogP contribution in [0.15, 0.2) is 16.8 Å². The average Bonchev–Trinajstić information content (AvgIpc) is 3.26. The molecule has 0 aromatic rings. The Balaban J connectivity index is 1.39. The van der Waals surface area contributed by atoms with Gasteiger partial charge in [-0.3, -0.25) is 5.43 Å². The summed E-state index contributed by atoms with van der Waals surface area (Å²) in [6, 6.07) is 0. The molecule has 0 unspecified atom stereocenters. The van der Waals surface area contributed by atoms with Gasteiger partial charge in [0.2, 0.25) is 0 Å². The quantitative estimate of drug-likeness (QED) is 0.342. The molecule has 5 aliphatic rings. The standard InChI is InChI=1S/C24H35N3O3S/c1-22-8-5-16(26-27-21(25)31)12-15(22)3-4-19-18(22)6-9-23(2)17(7-10-24(19,23)29)14-11-20(28)30-13-14/h11,15,17-19,29H,3-10,12-13H2,1-2H3,(H3,25,27,31)/b26-16+/t15-,17+,18-,19-,22-,23+,24-/m0/s1. The molecule has 0 bridgehead atoms. The first kappa shape index (κ1) is 21.4. The van der Waals surface area contributed by atoms with E-state index in [-0.39, 0.29) is 27.8 Å². The molecule has 1 aliphatic heterocycles. The van der Waals surface area contributed by atoms with Gasteiger partial charge in [-0.25, -0.2) is 4.79 Å². The summed E-state index contributed by atoms with van der Waals surface area (Å²) in [5.41, 5.74) is 10.0. The molecular formula is C24H35N3O3S. The van der Waals surface area contributed by atoms with Gasteiger partial charge in [0.15, 0.2) is 5.11 Å². The van der Waals surface area contributed by atoms with Crippen LogP contribution in [-0.2, 0) is 9.53 Å². The number of carbonyl (C=O) groups excluding carboxylic acids is 1. The minimum absolute atomic E-state index is 0.167. The summed E-state index contributed by atoms with van der Waals surface area (Å²) in [5.74, 6) is 1.52. The second-order valence-electron chi connectivity index (χ2n) is 11.1. The molecule has 5 rings (SSSR count). The minimum atomic E-state index is -0.650. The summed E-state index contributed by atoms with van der Waals surface area (Å²) in [7, 11) is 0. The predicted octanol–water partition coefficient (Wildman–Crippen LogP) is 3.43. The highest BCUT2D eigenvalue weighted by molar-refractivity contribution is 7.80. The molecule has 4 saturated carbocycles. The van der Waals surface area contributed by atoms with Gasteiger partial charge in [-0.1, -0.05) is 13.8 Å². The van der Waals surface area contributed by atoms with Crippen LogP contribution in [0.1, 0.15) is 71.6 Å². The fourth-order valence-corrected chi connectivity index (χ4v) is 8.49. The van der Waals surface area contributed by atoms with E-state index in [0.29, 0.717) is 24.4 Å². The van der Waals surface area contributed by atoms with Crippen LogP contribution in [0.3, 0.4) is 0 Å². The van der Waals surface area contributed by atoms with E-state index in [4.69, 9.17) is 22.7 Å². The molecule has 4 aliphatic carbocycles. The number of carbonyl (C=O) groups is 1. The van der Waals surface area contributed by atoms with Gasteiger partial charge in [-0.2, -0.15) is 5.10 Å². The lowest BCUT2D eigenvalue weighted by molar-refractivity contribution is -0.200. The molecule has 0 spiro atoms. The van der Waals surface area contributed by atoms with Crippen LogP contribution in [-0.4, -0.2) is 34.1 Å². The number of cyclic esters (lactones) is 1. The lowest BCUT2D eigenvalue weighted by Crippen LogP contribution is -2.62. The number of esters is 1. The highest BCUT2D eigenvalue weighted by Gasteiger charge is 2.67. The first-order valence-electron chi connectivity index (χ1n) is 11.9. The van der Waals surface area contributed by atoms with Gasteiger partial charge in [-0.15, -0.1) is 0 Å². The third-order valence-corrected chi connectivity index (χ3v) is 10.2. The predicted molar refractivity (Wildman–Crippen MR) is 123 cm³/mol. The molecule has 0 aromatic heterocycles. The summed E-state index contributed by atoms with van der Waals surface area (Å²) < 4.78 is 5.23. The lowest BCUT2D eigenvalue weighted by Gasteiger charge is -2.63. The van der Waals surface area contributed by atoms with E-state index < -0.39 is 5.60 Å². The van der Waals surface area contributed by atoms with Crippen LogP contribution >= 0.6 is 12.2 Å². The number of rotatable bonds is 2. The maximum Gasteiger partial charge on any atom is 0.331 e. The summed E-state index contributed by atoms with van der Waals surface area (Å²) in [4.78, 5) is 11.7. The van der Waals surface area contributed by atoms with Crippen molar-refractivity contribution >= 4 is 29.0 Å². The number of nitrogens with two attached hydrogens (primary N) is 1. The number of fused-ring (bicyclic) bond motifs is 5. The van der Waals surface area contributed by atoms with Crippen molar-refractivity contribution in [3.05, 3.63) is 11.6 Å². The number of nitrogens with one attached hydrogen (secondary N) is 1. The molecule has 4 N–H and O–H groups in total. The van der Waals surface area contributed by atoms with Crippen molar-refractivity contribution in [3.8, 4) is 0 Å². The van der Waals surface area contributed by atoms with Gasteiger partial charge < -0.3 is 15.6 Å². The first-order chi connectivity index (χ1) is 14.7. The van der Waals surface area contributed by atoms with Gasteiger partial charge >= 0.3 is 5.97 Å². The van der Waals surface area contributed by atoms with E-state index in [9.17, 15) is 9.90 Å². The van der Waals surface area contributed by atoms with Gasteiger partial charge in [-0.05, 0) is 105 Å². The molecule has 4 fully saturated rings. The van der Waals surface area contributed by atoms with Crippen molar-refractivity contribution < 1.29 is 14.6 Å². The molecule has 0 aromatic carbocycles. The van der Waals surface area contributed by atoms with E-state index >= 15 is 0 Å². The third kappa shape index (κ3) is 3.10. The fraction of sp³-hybridized carbons (Fsp3) is 0.792. The zero-order valence-electron chi connectivity index (χ0n) is 18.7. The SMILES string of the molecule is C[C@]12CC/C(=N\NC(N)=S)C[C@@H]1CC[C@H]1[C@@H]2CC[C@]2(C)[C@@H](C3=CC(=O)OC3)CC[C@]12O. The number of ether oxygens (including phenoxy) is 1. The zero-order valence-corrected chi connectivity index (χ0v) is 19.5. The number of hydrazone groups is 1. The molecule has 1 heterocycles. The first-order valence-corrected chi connectivity index (χ1v) is 12.3. The Kier molecular flexibility index (Phi) is 5.02. The lowest BCUT2D eigenvalue weighted by atomic mass is 9.43.